The van der Waals surface area contributed by atoms with Gasteiger partial charge in [0.2, 0.25) is 0 Å². The lowest BCUT2D eigenvalue weighted by Gasteiger charge is -2.45. The third-order valence-corrected chi connectivity index (χ3v) is 7.32. The molecule has 0 bridgehead atoms. The number of ether oxygens (including phenoxy) is 1. The summed E-state index contributed by atoms with van der Waals surface area (Å²) in [5, 5.41) is 32.2. The SMILES string of the molecule is CC(C)(O)COc1ccc(N2CCN(C[C@@](C)(O)c3ccc(C(C)(C)O)nc3)C[C@H]2c2ccccc2)c(Cl)c1. The summed E-state index contributed by atoms with van der Waals surface area (Å²) >= 11 is 6.77. The number of rotatable bonds is 9. The molecule has 0 aliphatic carbocycles. The number of anilines is 1. The average molecular weight is 554 g/mol. The molecule has 1 fully saturated rings. The van der Waals surface area contributed by atoms with Crippen LogP contribution in [0.15, 0.2) is 66.9 Å². The van der Waals surface area contributed by atoms with E-state index < -0.39 is 16.8 Å². The maximum absolute atomic E-state index is 11.4. The molecule has 0 unspecified atom stereocenters. The minimum atomic E-state index is -1.12. The first-order valence-corrected chi connectivity index (χ1v) is 13.7. The smallest absolute Gasteiger partial charge is 0.121 e. The number of halogens is 1. The Hall–Kier alpha value is -2.68. The van der Waals surface area contributed by atoms with Crippen LogP contribution in [0.1, 0.15) is 57.5 Å². The second-order valence-corrected chi connectivity index (χ2v) is 12.2. The lowest BCUT2D eigenvalue weighted by molar-refractivity contribution is 0.00970. The van der Waals surface area contributed by atoms with Crippen LogP contribution >= 0.6 is 11.6 Å². The number of aliphatic hydroxyl groups is 3. The van der Waals surface area contributed by atoms with Crippen molar-refractivity contribution in [1.29, 1.82) is 0 Å². The van der Waals surface area contributed by atoms with Crippen molar-refractivity contribution in [2.24, 2.45) is 0 Å². The van der Waals surface area contributed by atoms with E-state index in [1.807, 2.05) is 36.4 Å². The van der Waals surface area contributed by atoms with Crippen LogP contribution in [0.3, 0.4) is 0 Å². The zero-order chi connectivity index (χ0) is 28.4. The summed E-state index contributed by atoms with van der Waals surface area (Å²) in [6.07, 6.45) is 1.65. The molecule has 2 heterocycles. The first-order valence-electron chi connectivity index (χ1n) is 13.3. The molecule has 1 aliphatic heterocycles. The number of hydrogen-bond acceptors (Lipinski definition) is 7. The van der Waals surface area contributed by atoms with Gasteiger partial charge in [0.1, 0.15) is 23.6 Å². The Morgan fingerprint density at radius 1 is 0.949 bits per heavy atom. The largest absolute Gasteiger partial charge is 0.491 e. The predicted octanol–water partition coefficient (Wildman–Crippen LogP) is 4.88. The molecular formula is C31H40ClN3O4. The molecule has 2 aromatic carbocycles. The number of pyridine rings is 1. The summed E-state index contributed by atoms with van der Waals surface area (Å²) < 4.78 is 5.74. The summed E-state index contributed by atoms with van der Waals surface area (Å²) in [6.45, 7) is 11.4. The molecule has 2 atom stereocenters. The molecule has 1 aromatic heterocycles. The van der Waals surface area contributed by atoms with Crippen molar-refractivity contribution in [2.75, 3.05) is 37.7 Å². The van der Waals surface area contributed by atoms with E-state index in [-0.39, 0.29) is 12.6 Å². The molecule has 210 valence electrons. The van der Waals surface area contributed by atoms with E-state index in [0.29, 0.717) is 35.1 Å². The standard InChI is InChI=1S/C31H40ClN3O4/c1-29(2,36)21-39-24-12-13-26(25(32)17-24)35-16-15-34(19-27(35)22-9-7-6-8-10-22)20-31(5,38)23-11-14-28(33-18-23)30(3,4)37/h6-14,17-18,27,36-38H,15-16,19-21H2,1-5H3/t27-,31+/m0/s1. The lowest BCUT2D eigenvalue weighted by atomic mass is 9.94. The highest BCUT2D eigenvalue weighted by Gasteiger charge is 2.34. The number of nitrogens with zero attached hydrogens (tertiary/aromatic N) is 3. The minimum Gasteiger partial charge on any atom is -0.491 e. The second kappa shape index (κ2) is 11.4. The molecule has 3 N–H and O–H groups in total. The Morgan fingerprint density at radius 2 is 1.67 bits per heavy atom. The summed E-state index contributed by atoms with van der Waals surface area (Å²) in [6, 6.07) is 19.6. The number of aromatic nitrogens is 1. The van der Waals surface area contributed by atoms with E-state index in [1.54, 1.807) is 52.9 Å². The van der Waals surface area contributed by atoms with Gasteiger partial charge in [0.05, 0.1) is 28.0 Å². The lowest BCUT2D eigenvalue weighted by Crippen LogP contribution is -2.52. The van der Waals surface area contributed by atoms with Crippen molar-refractivity contribution >= 4 is 17.3 Å². The Bertz CT molecular complexity index is 1240. The quantitative estimate of drug-likeness (QED) is 0.348. The fraction of sp³-hybridized carbons (Fsp3) is 0.452. The zero-order valence-corrected chi connectivity index (χ0v) is 24.2. The Balaban J connectivity index is 1.54. The maximum Gasteiger partial charge on any atom is 0.121 e. The summed E-state index contributed by atoms with van der Waals surface area (Å²) in [7, 11) is 0. The Kier molecular flexibility index (Phi) is 8.59. The zero-order valence-electron chi connectivity index (χ0n) is 23.4. The van der Waals surface area contributed by atoms with E-state index in [9.17, 15) is 15.3 Å². The van der Waals surface area contributed by atoms with E-state index in [1.165, 1.54) is 0 Å². The molecule has 7 nitrogen and oxygen atoms in total. The molecule has 8 heteroatoms. The average Bonchev–Trinajstić information content (AvgIpc) is 2.87. The summed E-state index contributed by atoms with van der Waals surface area (Å²) in [5.74, 6) is 0.612. The van der Waals surface area contributed by atoms with E-state index >= 15 is 0 Å². The third-order valence-electron chi connectivity index (χ3n) is 7.01. The first kappa shape index (κ1) is 29.3. The van der Waals surface area contributed by atoms with Crippen molar-refractivity contribution in [1.82, 2.24) is 9.88 Å². The molecule has 0 saturated carbocycles. The van der Waals surface area contributed by atoms with Crippen molar-refractivity contribution in [3.63, 3.8) is 0 Å². The van der Waals surface area contributed by atoms with Gasteiger partial charge in [-0.1, -0.05) is 48.0 Å². The van der Waals surface area contributed by atoms with Gasteiger partial charge in [-0.3, -0.25) is 9.88 Å². The predicted molar refractivity (Wildman–Crippen MR) is 155 cm³/mol. The fourth-order valence-corrected chi connectivity index (χ4v) is 5.18. The highest BCUT2D eigenvalue weighted by atomic mass is 35.5. The van der Waals surface area contributed by atoms with E-state index in [4.69, 9.17) is 16.3 Å². The van der Waals surface area contributed by atoms with E-state index in [0.717, 1.165) is 24.3 Å². The normalized spacial score (nSPS) is 18.6. The first-order chi connectivity index (χ1) is 18.2. The fourth-order valence-electron chi connectivity index (χ4n) is 4.90. The molecule has 0 radical (unpaired) electrons. The van der Waals surface area contributed by atoms with Crippen LogP contribution in [0.25, 0.3) is 0 Å². The van der Waals surface area contributed by atoms with Crippen molar-refractivity contribution in [3.05, 3.63) is 88.7 Å². The monoisotopic (exact) mass is 553 g/mol. The van der Waals surface area contributed by atoms with Gasteiger partial charge >= 0.3 is 0 Å². The molecule has 1 saturated heterocycles. The number of benzene rings is 2. The van der Waals surface area contributed by atoms with Crippen LogP contribution in [-0.4, -0.2) is 63.6 Å². The van der Waals surface area contributed by atoms with Gasteiger partial charge in [-0.2, -0.15) is 0 Å². The van der Waals surface area contributed by atoms with Crippen LogP contribution in [-0.2, 0) is 11.2 Å². The summed E-state index contributed by atoms with van der Waals surface area (Å²) in [5.41, 5.74) is 0.257. The van der Waals surface area contributed by atoms with Crippen LogP contribution < -0.4 is 9.64 Å². The van der Waals surface area contributed by atoms with Crippen LogP contribution in [0, 0.1) is 0 Å². The Morgan fingerprint density at radius 3 is 2.26 bits per heavy atom. The van der Waals surface area contributed by atoms with Gasteiger partial charge < -0.3 is 25.0 Å². The second-order valence-electron chi connectivity index (χ2n) is 11.8. The van der Waals surface area contributed by atoms with Gasteiger partial charge in [0.25, 0.3) is 0 Å². The van der Waals surface area contributed by atoms with Gasteiger partial charge in [-0.25, -0.2) is 0 Å². The number of β-amino-alcohol motifs (C(OH)–C–C–N with tert-alkyl or cyclic N) is 1. The van der Waals surface area contributed by atoms with Crippen LogP contribution in [0.5, 0.6) is 5.75 Å². The number of piperazine rings is 1. The molecular weight excluding hydrogens is 514 g/mol. The van der Waals surface area contributed by atoms with Gasteiger partial charge in [0, 0.05) is 44.0 Å². The molecule has 1 aliphatic rings. The van der Waals surface area contributed by atoms with E-state index in [2.05, 4.69) is 26.9 Å². The van der Waals surface area contributed by atoms with Gasteiger partial charge in [-0.15, -0.1) is 0 Å². The maximum atomic E-state index is 11.4. The third kappa shape index (κ3) is 7.50. The molecule has 0 amide bonds. The van der Waals surface area contributed by atoms with Crippen molar-refractivity contribution < 1.29 is 20.1 Å². The topological polar surface area (TPSA) is 89.3 Å². The minimum absolute atomic E-state index is 0.0204. The molecule has 3 aromatic rings. The highest BCUT2D eigenvalue weighted by molar-refractivity contribution is 6.33. The van der Waals surface area contributed by atoms with Crippen molar-refractivity contribution in [3.8, 4) is 5.75 Å². The van der Waals surface area contributed by atoms with Gasteiger partial charge in [0.15, 0.2) is 0 Å². The molecule has 0 spiro atoms. The Labute approximate surface area is 236 Å². The van der Waals surface area contributed by atoms with Gasteiger partial charge in [-0.05, 0) is 58.4 Å². The van der Waals surface area contributed by atoms with Crippen LogP contribution in [0.4, 0.5) is 5.69 Å². The summed E-state index contributed by atoms with van der Waals surface area (Å²) in [4.78, 5) is 8.97. The number of hydrogen-bond donors (Lipinski definition) is 3. The van der Waals surface area contributed by atoms with Crippen molar-refractivity contribution in [2.45, 2.75) is 57.5 Å². The van der Waals surface area contributed by atoms with Crippen LogP contribution in [0.2, 0.25) is 5.02 Å². The molecule has 4 rings (SSSR count). The molecule has 39 heavy (non-hydrogen) atoms. The highest BCUT2D eigenvalue weighted by Crippen LogP contribution is 2.38.